The van der Waals surface area contributed by atoms with Crippen LogP contribution in [0.15, 0.2) is 72.8 Å². The Morgan fingerprint density at radius 3 is 2.26 bits per heavy atom. The molecule has 0 unspecified atom stereocenters. The van der Waals surface area contributed by atoms with E-state index >= 15 is 0 Å². The van der Waals surface area contributed by atoms with Gasteiger partial charge in [0.2, 0.25) is 6.41 Å². The van der Waals surface area contributed by atoms with Crippen molar-refractivity contribution >= 4 is 52.6 Å². The molecule has 3 aromatic rings. The van der Waals surface area contributed by atoms with Gasteiger partial charge in [0.15, 0.2) is 0 Å². The third kappa shape index (κ3) is 8.90. The minimum atomic E-state index is -0.180. The van der Waals surface area contributed by atoms with Gasteiger partial charge in [-0.15, -0.1) is 0 Å². The number of hydrogen-bond donors (Lipinski definition) is 4. The first-order valence-electron chi connectivity index (χ1n) is 13.2. The Balaban J connectivity index is 0.00000260. The van der Waals surface area contributed by atoms with E-state index < -0.39 is 0 Å². The van der Waals surface area contributed by atoms with Crippen LogP contribution in [0.1, 0.15) is 49.2 Å². The van der Waals surface area contributed by atoms with Crippen molar-refractivity contribution in [2.45, 2.75) is 27.7 Å². The van der Waals surface area contributed by atoms with Crippen LogP contribution in [-0.4, -0.2) is 45.3 Å². The predicted molar refractivity (Wildman–Crippen MR) is 169 cm³/mol. The van der Waals surface area contributed by atoms with Gasteiger partial charge >= 0.3 is 0 Å². The maximum Gasteiger partial charge on any atom is 0.251 e. The highest BCUT2D eigenvalue weighted by Gasteiger charge is 2.15. The molecule has 0 fully saturated rings. The molecule has 3 aromatic carbocycles. The second kappa shape index (κ2) is 17.0. The number of benzene rings is 3. The van der Waals surface area contributed by atoms with Gasteiger partial charge in [-0.2, -0.15) is 0 Å². The number of nitrogens with zero attached hydrogens (tertiary/aromatic N) is 1. The zero-order chi connectivity index (χ0) is 28.6. The molecule has 0 saturated carbocycles. The van der Waals surface area contributed by atoms with Crippen LogP contribution in [0.4, 0.5) is 17.1 Å². The number of nitrogens with one attached hydrogen (secondary N) is 4. The van der Waals surface area contributed by atoms with Gasteiger partial charge in [0, 0.05) is 59.8 Å². The molecule has 39 heavy (non-hydrogen) atoms. The summed E-state index contributed by atoms with van der Waals surface area (Å²) in [6, 6.07) is 23.8. The first-order chi connectivity index (χ1) is 19.0. The van der Waals surface area contributed by atoms with Crippen LogP contribution >= 0.6 is 11.9 Å². The molecule has 2 amide bonds. The zero-order valence-corrected chi connectivity index (χ0v) is 24.6. The van der Waals surface area contributed by atoms with Crippen molar-refractivity contribution in [2.24, 2.45) is 0 Å². The smallest absolute Gasteiger partial charge is 0.251 e. The van der Waals surface area contributed by atoms with Crippen LogP contribution < -0.4 is 25.6 Å². The third-order valence-electron chi connectivity index (χ3n) is 5.88. The summed E-state index contributed by atoms with van der Waals surface area (Å²) in [7, 11) is 1.95. The summed E-state index contributed by atoms with van der Waals surface area (Å²) in [4.78, 5) is 23.8. The highest BCUT2D eigenvalue weighted by atomic mass is 32.2. The number of amides is 2. The molecule has 4 N–H and O–H groups in total. The highest BCUT2D eigenvalue weighted by molar-refractivity contribution is 7.99. The van der Waals surface area contributed by atoms with Crippen molar-refractivity contribution in [3.63, 3.8) is 0 Å². The summed E-state index contributed by atoms with van der Waals surface area (Å²) in [5.41, 5.74) is 6.81. The minimum Gasteiger partial charge on any atom is -0.355 e. The second-order valence-corrected chi connectivity index (χ2v) is 9.11. The van der Waals surface area contributed by atoms with Gasteiger partial charge in [-0.3, -0.25) is 9.59 Å². The predicted octanol–water partition coefficient (Wildman–Crippen LogP) is 6.33. The second-order valence-electron chi connectivity index (χ2n) is 8.31. The summed E-state index contributed by atoms with van der Waals surface area (Å²) in [5, 5.41) is 12.4. The quantitative estimate of drug-likeness (QED) is 0.114. The SMILES string of the molecule is CC.CCNC(=O)c1ccc(/C(C)=C(/Nc2ccc(N(CCNC)SC)cc2)c2ccccc2)c(NC=O)c1. The minimum absolute atomic E-state index is 0.180. The molecule has 0 atom stereocenters. The fourth-order valence-corrected chi connectivity index (χ4v) is 4.58. The standard InChI is InChI=1S/C29H35N5O2S.C2H6/c1-5-31-29(36)23-11-16-26(27(19-23)32-20-35)21(2)28(22-9-7-6-8-10-22)33-24-12-14-25(15-13-24)34(37-4)18-17-30-3;1-2/h6-16,19-20,30,33H,5,17-18H2,1-4H3,(H,31,36)(H,32,35);1-2H3/b28-21+;. The molecule has 0 radical (unpaired) electrons. The van der Waals surface area contributed by atoms with Gasteiger partial charge < -0.3 is 25.6 Å². The molecular formula is C31H41N5O2S. The molecule has 0 spiro atoms. The van der Waals surface area contributed by atoms with Crippen LogP contribution in [0.25, 0.3) is 11.3 Å². The molecule has 0 aliphatic heterocycles. The van der Waals surface area contributed by atoms with E-state index in [1.54, 1.807) is 24.1 Å². The Morgan fingerprint density at radius 2 is 1.67 bits per heavy atom. The van der Waals surface area contributed by atoms with Crippen molar-refractivity contribution in [3.8, 4) is 0 Å². The normalized spacial score (nSPS) is 10.9. The molecule has 0 aliphatic carbocycles. The molecule has 0 saturated heterocycles. The van der Waals surface area contributed by atoms with E-state index in [4.69, 9.17) is 0 Å². The zero-order valence-electron chi connectivity index (χ0n) is 23.8. The van der Waals surface area contributed by atoms with Gasteiger partial charge in [0.1, 0.15) is 0 Å². The lowest BCUT2D eigenvalue weighted by Gasteiger charge is -2.22. The Labute approximate surface area is 237 Å². The van der Waals surface area contributed by atoms with E-state index in [1.165, 1.54) is 0 Å². The molecule has 0 heterocycles. The van der Waals surface area contributed by atoms with Crippen molar-refractivity contribution in [1.29, 1.82) is 0 Å². The van der Waals surface area contributed by atoms with Crippen LogP contribution in [0.5, 0.6) is 0 Å². The van der Waals surface area contributed by atoms with E-state index in [2.05, 4.69) is 56.1 Å². The van der Waals surface area contributed by atoms with Crippen LogP contribution in [-0.2, 0) is 4.79 Å². The molecular weight excluding hydrogens is 506 g/mol. The number of carbonyl (C=O) groups is 2. The fourth-order valence-electron chi connectivity index (χ4n) is 3.97. The van der Waals surface area contributed by atoms with E-state index in [0.29, 0.717) is 24.2 Å². The van der Waals surface area contributed by atoms with Crippen LogP contribution in [0.2, 0.25) is 0 Å². The van der Waals surface area contributed by atoms with E-state index in [1.807, 2.05) is 71.1 Å². The maximum absolute atomic E-state index is 12.4. The maximum atomic E-state index is 12.4. The number of hydrogen-bond acceptors (Lipinski definition) is 6. The lowest BCUT2D eigenvalue weighted by molar-refractivity contribution is -0.105. The van der Waals surface area contributed by atoms with Crippen LogP contribution in [0.3, 0.4) is 0 Å². The molecule has 208 valence electrons. The summed E-state index contributed by atoms with van der Waals surface area (Å²) in [6.45, 7) is 10.2. The fraction of sp³-hybridized carbons (Fsp3) is 0.290. The van der Waals surface area contributed by atoms with Gasteiger partial charge in [0.05, 0.1) is 0 Å². The summed E-state index contributed by atoms with van der Waals surface area (Å²) >= 11 is 1.69. The van der Waals surface area contributed by atoms with Gasteiger partial charge in [-0.05, 0) is 68.4 Å². The Hall–Kier alpha value is -3.75. The van der Waals surface area contributed by atoms with Crippen LogP contribution in [0, 0.1) is 0 Å². The number of carbonyl (C=O) groups excluding carboxylic acids is 2. The van der Waals surface area contributed by atoms with Crippen molar-refractivity contribution in [3.05, 3.63) is 89.5 Å². The summed E-state index contributed by atoms with van der Waals surface area (Å²) in [6.07, 6.45) is 2.71. The molecule has 3 rings (SSSR count). The lowest BCUT2D eigenvalue weighted by Crippen LogP contribution is -2.24. The average molecular weight is 548 g/mol. The molecule has 0 bridgehead atoms. The largest absolute Gasteiger partial charge is 0.355 e. The van der Waals surface area contributed by atoms with E-state index in [0.717, 1.165) is 46.9 Å². The van der Waals surface area contributed by atoms with Gasteiger partial charge in [0.25, 0.3) is 5.91 Å². The highest BCUT2D eigenvalue weighted by Crippen LogP contribution is 2.33. The number of anilines is 3. The van der Waals surface area contributed by atoms with Gasteiger partial charge in [-0.25, -0.2) is 0 Å². The molecule has 0 aromatic heterocycles. The van der Waals surface area contributed by atoms with Gasteiger partial charge in [-0.1, -0.05) is 62.2 Å². The van der Waals surface area contributed by atoms with E-state index in [-0.39, 0.29) is 5.91 Å². The Bertz CT molecular complexity index is 1210. The Morgan fingerprint density at radius 1 is 0.974 bits per heavy atom. The molecule has 7 nitrogen and oxygen atoms in total. The number of likely N-dealkylation sites (N-methyl/N-ethyl adjacent to an activating group) is 1. The summed E-state index contributed by atoms with van der Waals surface area (Å²) < 4.78 is 2.24. The molecule has 0 aliphatic rings. The number of allylic oxidation sites excluding steroid dienone is 1. The van der Waals surface area contributed by atoms with Crippen molar-refractivity contribution < 1.29 is 9.59 Å². The van der Waals surface area contributed by atoms with Crippen molar-refractivity contribution in [1.82, 2.24) is 10.6 Å². The monoisotopic (exact) mass is 547 g/mol. The first-order valence-corrected chi connectivity index (χ1v) is 14.4. The summed E-state index contributed by atoms with van der Waals surface area (Å²) in [5.74, 6) is -0.180. The van der Waals surface area contributed by atoms with E-state index in [9.17, 15) is 9.59 Å². The molecule has 8 heteroatoms. The third-order valence-corrected chi connectivity index (χ3v) is 6.72. The number of rotatable bonds is 13. The average Bonchev–Trinajstić information content (AvgIpc) is 2.98. The Kier molecular flexibility index (Phi) is 13.7. The first kappa shape index (κ1) is 31.5. The topological polar surface area (TPSA) is 85.5 Å². The van der Waals surface area contributed by atoms with Crippen molar-refractivity contribution in [2.75, 3.05) is 47.9 Å². The lowest BCUT2D eigenvalue weighted by atomic mass is 9.97.